The van der Waals surface area contributed by atoms with Crippen molar-refractivity contribution in [1.29, 1.82) is 0 Å². The lowest BCUT2D eigenvalue weighted by Crippen LogP contribution is -2.39. The summed E-state index contributed by atoms with van der Waals surface area (Å²) in [6, 6.07) is 21.6. The third-order valence-electron chi connectivity index (χ3n) is 4.74. The molecule has 1 aliphatic heterocycles. The predicted octanol–water partition coefficient (Wildman–Crippen LogP) is 5.30. The number of fused-ring (bicyclic) bond motifs is 1. The molecule has 6 nitrogen and oxygen atoms in total. The van der Waals surface area contributed by atoms with Crippen molar-refractivity contribution in [2.45, 2.75) is 16.2 Å². The number of nitrogens with zero attached hydrogens (tertiary/aromatic N) is 3. The van der Waals surface area contributed by atoms with Gasteiger partial charge in [0.25, 0.3) is 11.1 Å². The van der Waals surface area contributed by atoms with Crippen molar-refractivity contribution in [3.05, 3.63) is 78.6 Å². The molecule has 4 aromatic rings. The van der Waals surface area contributed by atoms with E-state index in [1.54, 1.807) is 30.2 Å². The van der Waals surface area contributed by atoms with Crippen LogP contribution in [0.15, 0.2) is 91.9 Å². The van der Waals surface area contributed by atoms with Crippen molar-refractivity contribution in [3.63, 3.8) is 0 Å². The molecule has 150 valence electrons. The minimum Gasteiger partial charge on any atom is -0.459 e. The van der Waals surface area contributed by atoms with Gasteiger partial charge in [-0.15, -0.1) is 22.0 Å². The molecule has 0 saturated carbocycles. The molecule has 0 bridgehead atoms. The zero-order valence-corrected chi connectivity index (χ0v) is 17.4. The number of benzene rings is 2. The Morgan fingerprint density at radius 2 is 1.90 bits per heavy atom. The zero-order valence-electron chi connectivity index (χ0n) is 15.8. The molecule has 0 saturated heterocycles. The minimum absolute atomic E-state index is 0.000600. The lowest BCUT2D eigenvalue weighted by Gasteiger charge is -2.37. The molecule has 1 atom stereocenters. The highest BCUT2D eigenvalue weighted by Crippen LogP contribution is 2.43. The Balaban J connectivity index is 1.38. The lowest BCUT2D eigenvalue weighted by molar-refractivity contribution is -0.116. The van der Waals surface area contributed by atoms with Crippen LogP contribution in [0.1, 0.15) is 11.6 Å². The summed E-state index contributed by atoms with van der Waals surface area (Å²) < 4.78 is 10.9. The number of rotatable bonds is 5. The molecule has 1 amide bonds. The largest absolute Gasteiger partial charge is 0.459 e. The fourth-order valence-electron chi connectivity index (χ4n) is 3.38. The lowest BCUT2D eigenvalue weighted by atomic mass is 10.1. The van der Waals surface area contributed by atoms with E-state index in [4.69, 9.17) is 8.83 Å². The molecule has 1 aliphatic rings. The van der Waals surface area contributed by atoms with Crippen LogP contribution in [0, 0.1) is 0 Å². The second kappa shape index (κ2) is 8.41. The molecule has 5 rings (SSSR count). The van der Waals surface area contributed by atoms with Crippen molar-refractivity contribution in [3.8, 4) is 11.7 Å². The van der Waals surface area contributed by atoms with Gasteiger partial charge >= 0.3 is 0 Å². The number of hydrogen-bond donors (Lipinski definition) is 0. The minimum atomic E-state index is -0.0273. The molecule has 0 radical (unpaired) electrons. The second-order valence-electron chi connectivity index (χ2n) is 6.61. The number of amides is 1. The van der Waals surface area contributed by atoms with Gasteiger partial charge in [-0.1, -0.05) is 54.2 Å². The molecule has 0 fully saturated rings. The fraction of sp³-hybridized carbons (Fsp3) is 0.136. The topological polar surface area (TPSA) is 72.4 Å². The van der Waals surface area contributed by atoms with E-state index in [-0.39, 0.29) is 17.7 Å². The average Bonchev–Trinajstić information content (AvgIpc) is 3.49. The third kappa shape index (κ3) is 3.76. The summed E-state index contributed by atoms with van der Waals surface area (Å²) >= 11 is 3.01. The van der Waals surface area contributed by atoms with Crippen LogP contribution in [0.4, 0.5) is 5.69 Å². The van der Waals surface area contributed by atoms with Crippen LogP contribution < -0.4 is 4.90 Å². The van der Waals surface area contributed by atoms with E-state index in [0.29, 0.717) is 16.9 Å². The maximum Gasteiger partial charge on any atom is 0.284 e. The molecular weight excluding hydrogens is 418 g/mol. The first-order chi connectivity index (χ1) is 14.8. The summed E-state index contributed by atoms with van der Waals surface area (Å²) in [5.74, 6) is 1.81. The fourth-order valence-corrected chi connectivity index (χ4v) is 5.17. The Morgan fingerprint density at radius 1 is 1.07 bits per heavy atom. The monoisotopic (exact) mass is 435 g/mol. The van der Waals surface area contributed by atoms with Gasteiger partial charge in [0.2, 0.25) is 5.91 Å². The van der Waals surface area contributed by atoms with E-state index in [1.165, 1.54) is 11.8 Å². The maximum absolute atomic E-state index is 13.3. The van der Waals surface area contributed by atoms with E-state index in [0.717, 1.165) is 21.9 Å². The van der Waals surface area contributed by atoms with Crippen molar-refractivity contribution in [1.82, 2.24) is 10.2 Å². The number of thioether (sulfide) groups is 2. The molecule has 0 aliphatic carbocycles. The summed E-state index contributed by atoms with van der Waals surface area (Å²) in [4.78, 5) is 16.4. The van der Waals surface area contributed by atoms with E-state index < -0.39 is 0 Å². The first kappa shape index (κ1) is 19.0. The number of para-hydroxylation sites is 1. The van der Waals surface area contributed by atoms with Gasteiger partial charge in [-0.25, -0.2) is 0 Å². The van der Waals surface area contributed by atoms with E-state index in [9.17, 15) is 4.79 Å². The van der Waals surface area contributed by atoms with Crippen molar-refractivity contribution >= 4 is 35.1 Å². The van der Waals surface area contributed by atoms with Gasteiger partial charge in [-0.3, -0.25) is 4.79 Å². The van der Waals surface area contributed by atoms with E-state index in [2.05, 4.69) is 28.4 Å². The second-order valence-corrected chi connectivity index (χ2v) is 8.60. The summed E-state index contributed by atoms with van der Waals surface area (Å²) in [6.07, 6.45) is 1.55. The van der Waals surface area contributed by atoms with Gasteiger partial charge in [0.05, 0.1) is 23.7 Å². The van der Waals surface area contributed by atoms with Crippen molar-refractivity contribution in [2.24, 2.45) is 0 Å². The molecule has 30 heavy (non-hydrogen) atoms. The highest BCUT2D eigenvalue weighted by atomic mass is 32.2. The Bertz CT molecular complexity index is 1150. The van der Waals surface area contributed by atoms with Crippen LogP contribution >= 0.6 is 23.5 Å². The SMILES string of the molecule is O=C(CSc1nnc(-c2ccco2)o1)N1c2ccccc2SC[C@H]1c1ccccc1. The van der Waals surface area contributed by atoms with Crippen molar-refractivity contribution < 1.29 is 13.6 Å². The Kier molecular flexibility index (Phi) is 5.33. The zero-order chi connectivity index (χ0) is 20.3. The number of carbonyl (C=O) groups excluding carboxylic acids is 1. The standard InChI is InChI=1S/C22H17N3O3S2/c26-20(14-30-22-24-23-21(28-22)18-10-6-12-27-18)25-16-9-4-5-11-19(16)29-13-17(25)15-7-2-1-3-8-15/h1-12,17H,13-14H2/t17-/m0/s1. The van der Waals surface area contributed by atoms with Crippen LogP contribution in [-0.4, -0.2) is 27.6 Å². The maximum atomic E-state index is 13.3. The summed E-state index contributed by atoms with van der Waals surface area (Å²) in [7, 11) is 0. The third-order valence-corrected chi connectivity index (χ3v) is 6.69. The highest BCUT2D eigenvalue weighted by Gasteiger charge is 2.32. The number of furan rings is 1. The van der Waals surface area contributed by atoms with Gasteiger partial charge in [-0.05, 0) is 29.8 Å². The summed E-state index contributed by atoms with van der Waals surface area (Å²) in [5.41, 5.74) is 2.06. The first-order valence-electron chi connectivity index (χ1n) is 9.38. The first-order valence-corrected chi connectivity index (χ1v) is 11.4. The molecule has 0 spiro atoms. The molecule has 0 unspecified atom stereocenters. The van der Waals surface area contributed by atoms with Crippen LogP contribution in [0.3, 0.4) is 0 Å². The Labute approximate surface area is 181 Å². The molecule has 2 aromatic carbocycles. The van der Waals surface area contributed by atoms with E-state index >= 15 is 0 Å². The molecule has 2 aromatic heterocycles. The van der Waals surface area contributed by atoms with Crippen molar-refractivity contribution in [2.75, 3.05) is 16.4 Å². The normalized spacial score (nSPS) is 15.7. The summed E-state index contributed by atoms with van der Waals surface area (Å²) in [5, 5.41) is 8.35. The van der Waals surface area contributed by atoms with Crippen LogP contribution in [-0.2, 0) is 4.79 Å². The average molecular weight is 436 g/mol. The van der Waals surface area contributed by atoms with Crippen LogP contribution in [0.25, 0.3) is 11.7 Å². The number of anilines is 1. The smallest absolute Gasteiger partial charge is 0.284 e. The molecule has 8 heteroatoms. The number of aromatic nitrogens is 2. The number of hydrogen-bond acceptors (Lipinski definition) is 7. The van der Waals surface area contributed by atoms with Gasteiger partial charge in [-0.2, -0.15) is 0 Å². The van der Waals surface area contributed by atoms with Gasteiger partial charge in [0.1, 0.15) is 0 Å². The predicted molar refractivity (Wildman–Crippen MR) is 117 cm³/mol. The summed E-state index contributed by atoms with van der Waals surface area (Å²) in [6.45, 7) is 0. The van der Waals surface area contributed by atoms with Gasteiger partial charge in [0.15, 0.2) is 5.76 Å². The molecular formula is C22H17N3O3S2. The Hall–Kier alpha value is -2.97. The van der Waals surface area contributed by atoms with Gasteiger partial charge < -0.3 is 13.7 Å². The Morgan fingerprint density at radius 3 is 2.73 bits per heavy atom. The molecule has 0 N–H and O–H groups in total. The molecule has 3 heterocycles. The highest BCUT2D eigenvalue weighted by molar-refractivity contribution is 8.00. The van der Waals surface area contributed by atoms with Gasteiger partial charge in [0, 0.05) is 10.6 Å². The van der Waals surface area contributed by atoms with Crippen LogP contribution in [0.5, 0.6) is 0 Å². The van der Waals surface area contributed by atoms with E-state index in [1.807, 2.05) is 41.3 Å². The number of carbonyl (C=O) groups is 1. The van der Waals surface area contributed by atoms with Crippen LogP contribution in [0.2, 0.25) is 0 Å². The quantitative estimate of drug-likeness (QED) is 0.394.